The molecule has 0 aromatic heterocycles. The second-order valence-electron chi connectivity index (χ2n) is 5.28. The first-order valence-corrected chi connectivity index (χ1v) is 7.84. The van der Waals surface area contributed by atoms with Gasteiger partial charge in [0.05, 0.1) is 0 Å². The van der Waals surface area contributed by atoms with Crippen LogP contribution in [0.2, 0.25) is 0 Å². The smallest absolute Gasteiger partial charge is 0.163 e. The van der Waals surface area contributed by atoms with Gasteiger partial charge in [-0.05, 0) is 12.5 Å². The van der Waals surface area contributed by atoms with Crippen LogP contribution in [0.15, 0.2) is 24.3 Å². The van der Waals surface area contributed by atoms with Gasteiger partial charge in [0.2, 0.25) is 0 Å². The molecule has 1 aromatic rings. The van der Waals surface area contributed by atoms with Gasteiger partial charge >= 0.3 is 0 Å². The molecule has 0 unspecified atom stereocenters. The lowest BCUT2D eigenvalue weighted by molar-refractivity contribution is 0.0979. The SMILES string of the molecule is CCCCCCCCCCCC(=O)c1[c]cccc1. The number of Topliss-reactive ketones (excluding diaryl/α,β-unsaturated/α-hetero) is 1. The molecule has 0 saturated carbocycles. The summed E-state index contributed by atoms with van der Waals surface area (Å²) in [5, 5.41) is 0. The fourth-order valence-electron chi connectivity index (χ4n) is 2.30. The zero-order valence-corrected chi connectivity index (χ0v) is 12.3. The third-order valence-corrected chi connectivity index (χ3v) is 3.52. The Kier molecular flexibility index (Phi) is 9.05. The van der Waals surface area contributed by atoms with E-state index in [9.17, 15) is 4.79 Å². The van der Waals surface area contributed by atoms with Gasteiger partial charge in [-0.25, -0.2) is 0 Å². The third kappa shape index (κ3) is 7.81. The van der Waals surface area contributed by atoms with E-state index in [1.807, 2.05) is 24.3 Å². The monoisotopic (exact) mass is 259 g/mol. The van der Waals surface area contributed by atoms with Crippen molar-refractivity contribution < 1.29 is 4.79 Å². The van der Waals surface area contributed by atoms with Gasteiger partial charge in [0.25, 0.3) is 0 Å². The van der Waals surface area contributed by atoms with Crippen molar-refractivity contribution in [1.82, 2.24) is 0 Å². The number of benzene rings is 1. The summed E-state index contributed by atoms with van der Waals surface area (Å²) >= 11 is 0. The summed E-state index contributed by atoms with van der Waals surface area (Å²) in [4.78, 5) is 11.8. The molecule has 1 aromatic carbocycles. The molecule has 0 aliphatic heterocycles. The number of ketones is 1. The molecule has 1 radical (unpaired) electrons. The van der Waals surface area contributed by atoms with Crippen molar-refractivity contribution in [1.29, 1.82) is 0 Å². The third-order valence-electron chi connectivity index (χ3n) is 3.52. The van der Waals surface area contributed by atoms with Crippen LogP contribution in [0.25, 0.3) is 0 Å². The number of hydrogen-bond acceptors (Lipinski definition) is 1. The molecule has 1 nitrogen and oxygen atoms in total. The van der Waals surface area contributed by atoms with Gasteiger partial charge in [-0.1, -0.05) is 82.6 Å². The van der Waals surface area contributed by atoms with Gasteiger partial charge in [0.1, 0.15) is 0 Å². The summed E-state index contributed by atoms with van der Waals surface area (Å²) in [6.45, 7) is 2.25. The van der Waals surface area contributed by atoms with Gasteiger partial charge in [-0.3, -0.25) is 4.79 Å². The summed E-state index contributed by atoms with van der Waals surface area (Å²) in [6, 6.07) is 10.5. The standard InChI is InChI=1S/C18H27O/c1-2-3-4-5-6-7-8-9-13-16-18(19)17-14-11-10-12-15-17/h10-12,14H,2-9,13,16H2,1H3. The fraction of sp³-hybridized carbons (Fsp3) is 0.611. The lowest BCUT2D eigenvalue weighted by Gasteiger charge is -2.02. The van der Waals surface area contributed by atoms with Crippen molar-refractivity contribution in [2.75, 3.05) is 0 Å². The Balaban J connectivity index is 1.95. The summed E-state index contributed by atoms with van der Waals surface area (Å²) in [7, 11) is 0. The summed E-state index contributed by atoms with van der Waals surface area (Å²) in [5.74, 6) is 0.239. The van der Waals surface area contributed by atoms with E-state index < -0.39 is 0 Å². The molecule has 0 fully saturated rings. The van der Waals surface area contributed by atoms with Crippen molar-refractivity contribution in [2.24, 2.45) is 0 Å². The molecule has 0 spiro atoms. The quantitative estimate of drug-likeness (QED) is 0.374. The van der Waals surface area contributed by atoms with Crippen molar-refractivity contribution in [3.8, 4) is 0 Å². The van der Waals surface area contributed by atoms with E-state index >= 15 is 0 Å². The highest BCUT2D eigenvalue weighted by molar-refractivity contribution is 5.95. The summed E-state index contributed by atoms with van der Waals surface area (Å²) in [5.41, 5.74) is 0.738. The van der Waals surface area contributed by atoms with E-state index in [4.69, 9.17) is 0 Å². The molecule has 0 heterocycles. The molecule has 0 atom stereocenters. The molecule has 0 bridgehead atoms. The van der Waals surface area contributed by atoms with Crippen LogP contribution in [0.1, 0.15) is 81.5 Å². The Morgan fingerprint density at radius 3 is 2.16 bits per heavy atom. The zero-order chi connectivity index (χ0) is 13.8. The number of rotatable bonds is 11. The average Bonchev–Trinajstić information content (AvgIpc) is 2.46. The number of unbranched alkanes of at least 4 members (excludes halogenated alkanes) is 8. The first-order valence-electron chi connectivity index (χ1n) is 7.84. The highest BCUT2D eigenvalue weighted by Gasteiger charge is 2.04. The second-order valence-corrected chi connectivity index (χ2v) is 5.28. The lowest BCUT2D eigenvalue weighted by Crippen LogP contribution is -1.98. The Morgan fingerprint density at radius 2 is 1.58 bits per heavy atom. The molecule has 0 saturated heterocycles. The predicted octanol–water partition coefficient (Wildman–Crippen LogP) is 5.59. The maximum absolute atomic E-state index is 11.8. The van der Waals surface area contributed by atoms with E-state index in [-0.39, 0.29) is 5.78 Å². The largest absolute Gasteiger partial charge is 0.294 e. The zero-order valence-electron chi connectivity index (χ0n) is 12.3. The van der Waals surface area contributed by atoms with Crippen molar-refractivity contribution >= 4 is 5.78 Å². The minimum Gasteiger partial charge on any atom is -0.294 e. The molecular weight excluding hydrogens is 232 g/mol. The minimum atomic E-state index is 0.239. The number of carbonyl (C=O) groups is 1. The highest BCUT2D eigenvalue weighted by Crippen LogP contribution is 2.12. The van der Waals surface area contributed by atoms with Crippen LogP contribution < -0.4 is 0 Å². The van der Waals surface area contributed by atoms with Gasteiger partial charge in [-0.2, -0.15) is 0 Å². The average molecular weight is 259 g/mol. The van der Waals surface area contributed by atoms with Crippen LogP contribution in [0, 0.1) is 6.07 Å². The summed E-state index contributed by atoms with van der Waals surface area (Å²) < 4.78 is 0. The minimum absolute atomic E-state index is 0.239. The topological polar surface area (TPSA) is 17.1 Å². The fourth-order valence-corrected chi connectivity index (χ4v) is 2.30. The van der Waals surface area contributed by atoms with Crippen LogP contribution >= 0.6 is 0 Å². The second kappa shape index (κ2) is 10.8. The van der Waals surface area contributed by atoms with E-state index in [1.165, 1.54) is 51.4 Å². The first kappa shape index (κ1) is 15.9. The molecule has 1 heteroatoms. The molecule has 0 N–H and O–H groups in total. The van der Waals surface area contributed by atoms with Crippen molar-refractivity contribution in [3.63, 3.8) is 0 Å². The van der Waals surface area contributed by atoms with Crippen LogP contribution in [-0.4, -0.2) is 5.78 Å². The summed E-state index contributed by atoms with van der Waals surface area (Å²) in [6.07, 6.45) is 12.3. The highest BCUT2D eigenvalue weighted by atomic mass is 16.1. The van der Waals surface area contributed by atoms with Crippen molar-refractivity contribution in [2.45, 2.75) is 71.1 Å². The molecule has 0 amide bonds. The van der Waals surface area contributed by atoms with Gasteiger partial charge in [0.15, 0.2) is 5.78 Å². The Hall–Kier alpha value is -1.11. The molecular formula is C18H27O. The van der Waals surface area contributed by atoms with E-state index in [0.717, 1.165) is 12.0 Å². The van der Waals surface area contributed by atoms with Gasteiger partial charge in [-0.15, -0.1) is 0 Å². The first-order chi connectivity index (χ1) is 9.34. The van der Waals surface area contributed by atoms with Gasteiger partial charge < -0.3 is 0 Å². The molecule has 0 aliphatic carbocycles. The molecule has 19 heavy (non-hydrogen) atoms. The maximum Gasteiger partial charge on any atom is 0.163 e. The number of hydrogen-bond donors (Lipinski definition) is 0. The van der Waals surface area contributed by atoms with Crippen molar-refractivity contribution in [3.05, 3.63) is 35.9 Å². The molecule has 105 valence electrons. The Labute approximate surface area is 118 Å². The van der Waals surface area contributed by atoms with E-state index in [2.05, 4.69) is 13.0 Å². The van der Waals surface area contributed by atoms with Crippen LogP contribution in [0.3, 0.4) is 0 Å². The Bertz CT molecular complexity index is 329. The van der Waals surface area contributed by atoms with Crippen LogP contribution in [0.4, 0.5) is 0 Å². The Morgan fingerprint density at radius 1 is 0.947 bits per heavy atom. The van der Waals surface area contributed by atoms with Crippen LogP contribution in [-0.2, 0) is 0 Å². The van der Waals surface area contributed by atoms with Gasteiger partial charge in [0, 0.05) is 12.0 Å². The lowest BCUT2D eigenvalue weighted by atomic mass is 10.0. The van der Waals surface area contributed by atoms with Crippen LogP contribution in [0.5, 0.6) is 0 Å². The number of carbonyl (C=O) groups excluding carboxylic acids is 1. The maximum atomic E-state index is 11.8. The molecule has 0 aliphatic rings. The van der Waals surface area contributed by atoms with E-state index in [1.54, 1.807) is 0 Å². The normalized spacial score (nSPS) is 10.6. The molecule has 1 rings (SSSR count). The predicted molar refractivity (Wildman–Crippen MR) is 81.5 cm³/mol. The van der Waals surface area contributed by atoms with E-state index in [0.29, 0.717) is 6.42 Å².